The van der Waals surface area contributed by atoms with E-state index in [1.807, 2.05) is 0 Å². The second kappa shape index (κ2) is 1.81. The summed E-state index contributed by atoms with van der Waals surface area (Å²) in [5, 5.41) is 2.47. The maximum Gasteiger partial charge on any atom is 0.231 e. The first-order valence-electron chi connectivity index (χ1n) is 5.27. The van der Waals surface area contributed by atoms with Crippen LogP contribution in [0.4, 0.5) is 0 Å². The van der Waals surface area contributed by atoms with E-state index in [0.29, 0.717) is 17.3 Å². The van der Waals surface area contributed by atoms with E-state index in [4.69, 9.17) is 0 Å². The Kier molecular flexibility index (Phi) is 0.932. The van der Waals surface area contributed by atoms with Gasteiger partial charge >= 0.3 is 0 Å². The molecule has 1 saturated heterocycles. The smallest absolute Gasteiger partial charge is 0.231 e. The quantitative estimate of drug-likeness (QED) is 0.445. The summed E-state index contributed by atoms with van der Waals surface area (Å²) >= 11 is 0. The predicted octanol–water partition coefficient (Wildman–Crippen LogP) is 0.471. The molecule has 0 aromatic rings. The maximum absolute atomic E-state index is 11.6. The summed E-state index contributed by atoms with van der Waals surface area (Å²) in [7, 11) is 0. The molecule has 1 heterocycles. The van der Waals surface area contributed by atoms with Gasteiger partial charge in [0.25, 0.3) is 0 Å². The van der Waals surface area contributed by atoms with Crippen LogP contribution in [0.25, 0.3) is 0 Å². The van der Waals surface area contributed by atoms with Crippen molar-refractivity contribution in [1.29, 1.82) is 0 Å². The van der Waals surface area contributed by atoms with Crippen LogP contribution in [-0.4, -0.2) is 11.8 Å². The number of amides is 2. The van der Waals surface area contributed by atoms with E-state index in [0.717, 1.165) is 0 Å². The van der Waals surface area contributed by atoms with Crippen molar-refractivity contribution in [3.05, 3.63) is 12.2 Å². The van der Waals surface area contributed by atoms with Gasteiger partial charge in [-0.1, -0.05) is 12.2 Å². The van der Waals surface area contributed by atoms with Crippen LogP contribution in [-0.2, 0) is 9.59 Å². The first-order chi connectivity index (χ1) is 6.74. The molecular formula is C11H11NO2. The van der Waals surface area contributed by atoms with Gasteiger partial charge in [-0.3, -0.25) is 14.9 Å². The Morgan fingerprint density at radius 1 is 1.07 bits per heavy atom. The number of nitrogens with one attached hydrogen (secondary N) is 1. The normalized spacial score (nSPS) is 50.0. The molecule has 2 amide bonds. The second-order valence-electron chi connectivity index (χ2n) is 5.07. The lowest BCUT2D eigenvalue weighted by Gasteiger charge is -2.15. The molecule has 1 spiro atoms. The largest absolute Gasteiger partial charge is 0.296 e. The van der Waals surface area contributed by atoms with Gasteiger partial charge < -0.3 is 0 Å². The van der Waals surface area contributed by atoms with Crippen LogP contribution in [0.2, 0.25) is 0 Å². The van der Waals surface area contributed by atoms with Crippen LogP contribution >= 0.6 is 0 Å². The summed E-state index contributed by atoms with van der Waals surface area (Å²) in [5.74, 6) is 0.624. The van der Waals surface area contributed by atoms with Gasteiger partial charge in [0.1, 0.15) is 0 Å². The van der Waals surface area contributed by atoms with Crippen LogP contribution in [0.1, 0.15) is 12.8 Å². The molecule has 3 aliphatic carbocycles. The van der Waals surface area contributed by atoms with E-state index in [1.165, 1.54) is 12.8 Å². The number of imide groups is 1. The number of allylic oxidation sites excluding steroid dienone is 2. The molecule has 4 rings (SSSR count). The van der Waals surface area contributed by atoms with Crippen molar-refractivity contribution >= 4 is 11.8 Å². The minimum absolute atomic E-state index is 0.0249. The fourth-order valence-electron chi connectivity index (χ4n) is 4.00. The highest BCUT2D eigenvalue weighted by molar-refractivity contribution is 6.06. The Morgan fingerprint density at radius 3 is 2.00 bits per heavy atom. The van der Waals surface area contributed by atoms with E-state index < -0.39 is 0 Å². The molecule has 3 fully saturated rings. The Bertz CT molecular complexity index is 362. The number of hydrogen-bond donors (Lipinski definition) is 1. The fraction of sp³-hybridized carbons (Fsp3) is 0.636. The van der Waals surface area contributed by atoms with Gasteiger partial charge in [-0.25, -0.2) is 0 Å². The zero-order chi connectivity index (χ0) is 9.50. The van der Waals surface area contributed by atoms with Crippen LogP contribution in [0.15, 0.2) is 12.2 Å². The molecule has 4 aliphatic rings. The van der Waals surface area contributed by atoms with Crippen molar-refractivity contribution in [2.24, 2.45) is 29.1 Å². The molecule has 4 atom stereocenters. The van der Waals surface area contributed by atoms with Crippen molar-refractivity contribution in [3.63, 3.8) is 0 Å². The van der Waals surface area contributed by atoms with Gasteiger partial charge in [-0.15, -0.1) is 0 Å². The third-order valence-corrected chi connectivity index (χ3v) is 4.69. The maximum atomic E-state index is 11.6. The number of carbonyl (C=O) groups is 2. The molecule has 0 aromatic heterocycles. The molecule has 1 N–H and O–H groups in total. The number of rotatable bonds is 0. The minimum Gasteiger partial charge on any atom is -0.296 e. The van der Waals surface area contributed by atoms with Crippen molar-refractivity contribution in [2.75, 3.05) is 0 Å². The summed E-state index contributed by atoms with van der Waals surface area (Å²) in [6.45, 7) is 0. The highest BCUT2D eigenvalue weighted by Gasteiger charge is 2.71. The zero-order valence-corrected chi connectivity index (χ0v) is 7.69. The molecule has 72 valence electrons. The summed E-state index contributed by atoms with van der Waals surface area (Å²) < 4.78 is 0. The van der Waals surface area contributed by atoms with Crippen LogP contribution in [0.3, 0.4) is 0 Å². The second-order valence-corrected chi connectivity index (χ2v) is 5.07. The Hall–Kier alpha value is -1.12. The predicted molar refractivity (Wildman–Crippen MR) is 47.9 cm³/mol. The molecule has 0 radical (unpaired) electrons. The standard InChI is InChI=1S/C11H11NO2/c13-9-7-5-1-2-6(11(5)3-4-11)8(7)10(14)12-9/h1-2,5-8H,3-4H2,(H,12,13,14)/t5-,6-,7-,8-/m0/s1. The van der Waals surface area contributed by atoms with Crippen LogP contribution in [0, 0.1) is 29.1 Å². The Labute approximate surface area is 81.5 Å². The van der Waals surface area contributed by atoms with Crippen molar-refractivity contribution in [1.82, 2.24) is 5.32 Å². The molecule has 0 aromatic carbocycles. The summed E-state index contributed by atoms with van der Waals surface area (Å²) in [4.78, 5) is 23.2. The van der Waals surface area contributed by atoms with Gasteiger partial charge in [-0.05, 0) is 30.1 Å². The van der Waals surface area contributed by atoms with Crippen molar-refractivity contribution < 1.29 is 9.59 Å². The van der Waals surface area contributed by atoms with E-state index in [2.05, 4.69) is 17.5 Å². The first-order valence-corrected chi connectivity index (χ1v) is 5.27. The van der Waals surface area contributed by atoms with Crippen LogP contribution in [0.5, 0.6) is 0 Å². The first kappa shape index (κ1) is 7.21. The van der Waals surface area contributed by atoms with Crippen molar-refractivity contribution in [3.8, 4) is 0 Å². The zero-order valence-electron chi connectivity index (χ0n) is 7.69. The van der Waals surface area contributed by atoms with Gasteiger partial charge in [0.05, 0.1) is 11.8 Å². The highest BCUT2D eigenvalue weighted by atomic mass is 16.2. The van der Waals surface area contributed by atoms with Gasteiger partial charge in [0, 0.05) is 0 Å². The van der Waals surface area contributed by atoms with Crippen molar-refractivity contribution in [2.45, 2.75) is 12.8 Å². The molecule has 2 bridgehead atoms. The molecule has 0 unspecified atom stereocenters. The number of hydrogen-bond acceptors (Lipinski definition) is 2. The van der Waals surface area contributed by atoms with E-state index >= 15 is 0 Å². The third kappa shape index (κ3) is 0.527. The number of fused-ring (bicyclic) bond motifs is 3. The molecule has 3 heteroatoms. The molecule has 3 nitrogen and oxygen atoms in total. The molecule has 1 aliphatic heterocycles. The van der Waals surface area contributed by atoms with Crippen LogP contribution < -0.4 is 5.32 Å². The van der Waals surface area contributed by atoms with Gasteiger partial charge in [0.15, 0.2) is 0 Å². The lowest BCUT2D eigenvalue weighted by Crippen LogP contribution is -2.28. The van der Waals surface area contributed by atoms with Gasteiger partial charge in [-0.2, -0.15) is 0 Å². The topological polar surface area (TPSA) is 46.2 Å². The Morgan fingerprint density at radius 2 is 1.57 bits per heavy atom. The summed E-state index contributed by atoms with van der Waals surface area (Å²) in [6.07, 6.45) is 6.78. The van der Waals surface area contributed by atoms with E-state index in [-0.39, 0.29) is 23.7 Å². The molecule has 14 heavy (non-hydrogen) atoms. The van der Waals surface area contributed by atoms with Gasteiger partial charge in [0.2, 0.25) is 11.8 Å². The lowest BCUT2D eigenvalue weighted by atomic mass is 9.85. The Balaban J connectivity index is 1.89. The fourth-order valence-corrected chi connectivity index (χ4v) is 4.00. The summed E-state index contributed by atoms with van der Waals surface area (Å²) in [6, 6.07) is 0. The third-order valence-electron chi connectivity index (χ3n) is 4.69. The minimum atomic E-state index is -0.0278. The molecule has 2 saturated carbocycles. The lowest BCUT2D eigenvalue weighted by molar-refractivity contribution is -0.127. The molecular weight excluding hydrogens is 178 g/mol. The average Bonchev–Trinajstić information content (AvgIpc) is 2.72. The summed E-state index contributed by atoms with van der Waals surface area (Å²) in [5.41, 5.74) is 0.336. The van der Waals surface area contributed by atoms with E-state index in [9.17, 15) is 9.59 Å². The van der Waals surface area contributed by atoms with E-state index in [1.54, 1.807) is 0 Å². The number of carbonyl (C=O) groups excluding carboxylic acids is 2. The SMILES string of the molecule is O=C1NC(=O)[C@@H]2[C@@H]1[C@@H]1C=C[C@@H]2C12CC2. The monoisotopic (exact) mass is 189 g/mol. The highest BCUT2D eigenvalue weighted by Crippen LogP contribution is 2.72. The average molecular weight is 189 g/mol.